The van der Waals surface area contributed by atoms with Gasteiger partial charge in [0, 0.05) is 6.04 Å². The third kappa shape index (κ3) is 2.86. The van der Waals surface area contributed by atoms with E-state index in [4.69, 9.17) is 5.11 Å². The van der Waals surface area contributed by atoms with E-state index < -0.39 is 32.6 Å². The number of rotatable bonds is 5. The van der Waals surface area contributed by atoms with Crippen LogP contribution < -0.4 is 4.72 Å². The highest BCUT2D eigenvalue weighted by Gasteiger charge is 2.26. The maximum Gasteiger partial charge on any atom is 0.340 e. The van der Waals surface area contributed by atoms with Gasteiger partial charge in [-0.05, 0) is 12.5 Å². The Hall–Kier alpha value is -2.19. The lowest BCUT2D eigenvalue weighted by Gasteiger charge is -2.13. The van der Waals surface area contributed by atoms with Gasteiger partial charge in [0.05, 0.1) is 6.20 Å². The van der Waals surface area contributed by atoms with E-state index in [-0.39, 0.29) is 0 Å². The van der Waals surface area contributed by atoms with Crippen molar-refractivity contribution in [2.24, 2.45) is 0 Å². The van der Waals surface area contributed by atoms with E-state index in [2.05, 4.69) is 14.9 Å². The quantitative estimate of drug-likeness (QED) is 0.766. The van der Waals surface area contributed by atoms with Crippen LogP contribution in [0, 0.1) is 0 Å². The van der Waals surface area contributed by atoms with E-state index in [9.17, 15) is 13.2 Å². The summed E-state index contributed by atoms with van der Waals surface area (Å²) in [6, 6.07) is 8.46. The number of nitrogens with one attached hydrogen (secondary N) is 2. The summed E-state index contributed by atoms with van der Waals surface area (Å²) in [6.07, 6.45) is 0.962. The van der Waals surface area contributed by atoms with E-state index in [1.54, 1.807) is 31.2 Å². The van der Waals surface area contributed by atoms with E-state index in [0.29, 0.717) is 0 Å². The zero-order valence-electron chi connectivity index (χ0n) is 10.6. The monoisotopic (exact) mass is 295 g/mol. The molecule has 1 aromatic heterocycles. The first-order valence-electron chi connectivity index (χ1n) is 5.76. The molecule has 0 aliphatic rings. The fourth-order valence-electron chi connectivity index (χ4n) is 1.73. The molecule has 2 rings (SSSR count). The fraction of sp³-hybridized carbons (Fsp3) is 0.167. The van der Waals surface area contributed by atoms with Crippen molar-refractivity contribution in [1.82, 2.24) is 14.9 Å². The minimum absolute atomic E-state index is 0.391. The standard InChI is InChI=1S/C12H13N3O4S/c1-8(9-5-3-2-4-6-9)15-20(18,19)11-10(12(16)17)7-13-14-11/h2-8,15H,1H3,(H,13,14)(H,16,17)/t8-/m1/s1. The van der Waals surface area contributed by atoms with Crippen LogP contribution in [-0.2, 0) is 10.0 Å². The molecule has 106 valence electrons. The van der Waals surface area contributed by atoms with Gasteiger partial charge in [-0.15, -0.1) is 0 Å². The maximum atomic E-state index is 12.2. The normalized spacial score (nSPS) is 13.1. The Morgan fingerprint density at radius 1 is 1.35 bits per heavy atom. The molecule has 0 aliphatic heterocycles. The minimum atomic E-state index is -3.99. The Labute approximate surface area is 115 Å². The number of hydrogen-bond donors (Lipinski definition) is 3. The molecule has 7 nitrogen and oxygen atoms in total. The average molecular weight is 295 g/mol. The Kier molecular flexibility index (Phi) is 3.86. The number of benzene rings is 1. The Bertz CT molecular complexity index is 709. The zero-order valence-corrected chi connectivity index (χ0v) is 11.4. The van der Waals surface area contributed by atoms with E-state index in [0.717, 1.165) is 11.8 Å². The van der Waals surface area contributed by atoms with Crippen LogP contribution in [0.1, 0.15) is 28.9 Å². The summed E-state index contributed by atoms with van der Waals surface area (Å²) in [6.45, 7) is 1.67. The van der Waals surface area contributed by atoms with E-state index in [1.165, 1.54) is 0 Å². The van der Waals surface area contributed by atoms with Gasteiger partial charge in [-0.1, -0.05) is 30.3 Å². The highest BCUT2D eigenvalue weighted by molar-refractivity contribution is 7.89. The second kappa shape index (κ2) is 5.43. The molecule has 1 atom stereocenters. The molecule has 0 fully saturated rings. The third-order valence-corrected chi connectivity index (χ3v) is 4.25. The predicted octanol–water partition coefficient (Wildman–Crippen LogP) is 1.15. The second-order valence-electron chi connectivity index (χ2n) is 4.17. The van der Waals surface area contributed by atoms with Crippen LogP contribution in [0.3, 0.4) is 0 Å². The largest absolute Gasteiger partial charge is 0.478 e. The summed E-state index contributed by atoms with van der Waals surface area (Å²) < 4.78 is 26.7. The van der Waals surface area contributed by atoms with Gasteiger partial charge in [0.15, 0.2) is 5.03 Å². The molecule has 0 amide bonds. The second-order valence-corrected chi connectivity index (χ2v) is 5.82. The lowest BCUT2D eigenvalue weighted by molar-refractivity contribution is 0.0692. The maximum absolute atomic E-state index is 12.2. The number of nitrogens with zero attached hydrogens (tertiary/aromatic N) is 1. The summed E-state index contributed by atoms with van der Waals surface area (Å²) in [4.78, 5) is 10.9. The number of carboxylic acid groups (broad SMARTS) is 1. The van der Waals surface area contributed by atoms with Crippen LogP contribution in [-0.4, -0.2) is 29.7 Å². The molecule has 1 aromatic carbocycles. The van der Waals surface area contributed by atoms with Gasteiger partial charge in [0.2, 0.25) is 0 Å². The Balaban J connectivity index is 2.28. The van der Waals surface area contributed by atoms with Gasteiger partial charge in [0.1, 0.15) is 5.56 Å². The molecule has 0 radical (unpaired) electrons. The van der Waals surface area contributed by atoms with Crippen molar-refractivity contribution in [3.63, 3.8) is 0 Å². The molecule has 8 heteroatoms. The number of carboxylic acids is 1. The van der Waals surface area contributed by atoms with E-state index in [1.807, 2.05) is 6.07 Å². The summed E-state index contributed by atoms with van der Waals surface area (Å²) in [5.41, 5.74) is 0.380. The Morgan fingerprint density at radius 3 is 2.60 bits per heavy atom. The van der Waals surface area contributed by atoms with Gasteiger partial charge in [-0.25, -0.2) is 17.9 Å². The van der Waals surface area contributed by atoms with Gasteiger partial charge in [0.25, 0.3) is 10.0 Å². The zero-order chi connectivity index (χ0) is 14.8. The van der Waals surface area contributed by atoms with Crippen molar-refractivity contribution in [2.75, 3.05) is 0 Å². The molecule has 2 aromatic rings. The van der Waals surface area contributed by atoms with Crippen molar-refractivity contribution in [1.29, 1.82) is 0 Å². The summed E-state index contributed by atoms with van der Waals surface area (Å²) in [5, 5.41) is 14.1. The Morgan fingerprint density at radius 2 is 2.00 bits per heavy atom. The van der Waals surface area contributed by atoms with Gasteiger partial charge >= 0.3 is 5.97 Å². The lowest BCUT2D eigenvalue weighted by Crippen LogP contribution is -2.28. The van der Waals surface area contributed by atoms with Crippen molar-refractivity contribution in [3.05, 3.63) is 47.7 Å². The highest BCUT2D eigenvalue weighted by Crippen LogP contribution is 2.17. The molecule has 0 bridgehead atoms. The first-order chi connectivity index (χ1) is 9.42. The smallest absolute Gasteiger partial charge is 0.340 e. The molecule has 0 saturated heterocycles. The number of aromatic carboxylic acids is 1. The topological polar surface area (TPSA) is 112 Å². The molecule has 0 spiro atoms. The molecule has 0 unspecified atom stereocenters. The number of sulfonamides is 1. The van der Waals surface area contributed by atoms with Crippen LogP contribution in [0.4, 0.5) is 0 Å². The van der Waals surface area contributed by atoms with Gasteiger partial charge in [-0.2, -0.15) is 5.10 Å². The average Bonchev–Trinajstić information content (AvgIpc) is 2.89. The molecule has 1 heterocycles. The number of aromatic nitrogens is 2. The summed E-state index contributed by atoms with van der Waals surface area (Å²) in [7, 11) is -3.99. The summed E-state index contributed by atoms with van der Waals surface area (Å²) in [5.74, 6) is -1.36. The number of carbonyl (C=O) groups is 1. The van der Waals surface area contributed by atoms with Crippen LogP contribution in [0.25, 0.3) is 0 Å². The highest BCUT2D eigenvalue weighted by atomic mass is 32.2. The summed E-state index contributed by atoms with van der Waals surface area (Å²) >= 11 is 0. The molecule has 3 N–H and O–H groups in total. The number of aromatic amines is 1. The van der Waals surface area contributed by atoms with Crippen molar-refractivity contribution >= 4 is 16.0 Å². The third-order valence-electron chi connectivity index (χ3n) is 2.74. The molecule has 0 saturated carbocycles. The SMILES string of the molecule is C[C@@H](NS(=O)(=O)c1[nH]ncc1C(=O)O)c1ccccc1. The minimum Gasteiger partial charge on any atom is -0.478 e. The van der Waals surface area contributed by atoms with Gasteiger partial charge in [-0.3, -0.25) is 5.10 Å². The predicted molar refractivity (Wildman–Crippen MR) is 70.7 cm³/mol. The van der Waals surface area contributed by atoms with Crippen molar-refractivity contribution < 1.29 is 18.3 Å². The fourth-order valence-corrected chi connectivity index (χ4v) is 3.05. The molecule has 20 heavy (non-hydrogen) atoms. The molecule has 0 aliphatic carbocycles. The lowest BCUT2D eigenvalue weighted by atomic mass is 10.1. The van der Waals surface area contributed by atoms with Gasteiger partial charge < -0.3 is 5.11 Å². The van der Waals surface area contributed by atoms with Crippen LogP contribution in [0.5, 0.6) is 0 Å². The first-order valence-corrected chi connectivity index (χ1v) is 7.24. The van der Waals surface area contributed by atoms with Crippen molar-refractivity contribution in [3.8, 4) is 0 Å². The van der Waals surface area contributed by atoms with Crippen LogP contribution in [0.2, 0.25) is 0 Å². The van der Waals surface area contributed by atoms with Crippen molar-refractivity contribution in [2.45, 2.75) is 18.0 Å². The molecular weight excluding hydrogens is 282 g/mol. The number of H-pyrrole nitrogens is 1. The van der Waals surface area contributed by atoms with Crippen LogP contribution in [0.15, 0.2) is 41.6 Å². The van der Waals surface area contributed by atoms with E-state index >= 15 is 0 Å². The number of hydrogen-bond acceptors (Lipinski definition) is 4. The first kappa shape index (κ1) is 14.2. The molecular formula is C12H13N3O4S. The van der Waals surface area contributed by atoms with Crippen LogP contribution >= 0.6 is 0 Å².